The number of hydrogen-bond acceptors (Lipinski definition) is 2. The fourth-order valence-corrected chi connectivity index (χ4v) is 1.58. The molecule has 0 atom stereocenters. The Morgan fingerprint density at radius 2 is 2.23 bits per heavy atom. The van der Waals surface area contributed by atoms with E-state index in [4.69, 9.17) is 0 Å². The lowest BCUT2D eigenvalue weighted by Gasteiger charge is -2.35. The molecule has 0 aromatic heterocycles. The number of halogens is 1. The number of carbonyl (C=O) groups is 1. The van der Waals surface area contributed by atoms with Gasteiger partial charge in [-0.25, -0.2) is 4.39 Å². The van der Waals surface area contributed by atoms with Crippen molar-refractivity contribution in [2.75, 3.05) is 19.6 Å². The summed E-state index contributed by atoms with van der Waals surface area (Å²) < 4.78 is 13.4. The Morgan fingerprint density at radius 3 is 2.62 bits per heavy atom. The molecule has 0 aromatic carbocycles. The molecule has 0 aromatic rings. The third-order valence-electron chi connectivity index (χ3n) is 2.94. The van der Waals surface area contributed by atoms with Crippen LogP contribution in [0.5, 0.6) is 0 Å². The fraction of sp³-hybridized carbons (Fsp3) is 0.889. The highest BCUT2D eigenvalue weighted by molar-refractivity contribution is 5.79. The number of rotatable bonds is 3. The lowest BCUT2D eigenvalue weighted by molar-refractivity contribution is -0.128. The van der Waals surface area contributed by atoms with E-state index in [2.05, 4.69) is 10.6 Å². The largest absolute Gasteiger partial charge is 0.353 e. The van der Waals surface area contributed by atoms with Gasteiger partial charge in [0.2, 0.25) is 5.91 Å². The van der Waals surface area contributed by atoms with Gasteiger partial charge in [0.05, 0.1) is 6.54 Å². The van der Waals surface area contributed by atoms with Crippen molar-refractivity contribution >= 4 is 5.91 Å². The van der Waals surface area contributed by atoms with E-state index in [0.717, 1.165) is 19.3 Å². The molecule has 1 aliphatic carbocycles. The van der Waals surface area contributed by atoms with Gasteiger partial charge in [0.15, 0.2) is 5.67 Å². The van der Waals surface area contributed by atoms with E-state index >= 15 is 0 Å². The van der Waals surface area contributed by atoms with Gasteiger partial charge in [0.25, 0.3) is 0 Å². The second kappa shape index (κ2) is 3.25. The van der Waals surface area contributed by atoms with Gasteiger partial charge < -0.3 is 10.6 Å². The second-order valence-electron chi connectivity index (χ2n) is 4.10. The van der Waals surface area contributed by atoms with E-state index in [1.165, 1.54) is 0 Å². The van der Waals surface area contributed by atoms with Gasteiger partial charge in [-0.15, -0.1) is 0 Å². The zero-order valence-corrected chi connectivity index (χ0v) is 7.61. The monoisotopic (exact) mass is 186 g/mol. The Labute approximate surface area is 77.1 Å². The van der Waals surface area contributed by atoms with E-state index in [1.807, 2.05) is 0 Å². The summed E-state index contributed by atoms with van der Waals surface area (Å²) in [7, 11) is 0. The van der Waals surface area contributed by atoms with Crippen LogP contribution in [0.2, 0.25) is 0 Å². The lowest BCUT2D eigenvalue weighted by atomic mass is 9.84. The predicted octanol–water partition coefficient (Wildman–Crippen LogP) is 0.214. The highest BCUT2D eigenvalue weighted by Crippen LogP contribution is 2.26. The van der Waals surface area contributed by atoms with Crippen LogP contribution in [0.4, 0.5) is 4.39 Å². The summed E-state index contributed by atoms with van der Waals surface area (Å²) in [6, 6.07) is 0. The Morgan fingerprint density at radius 1 is 1.54 bits per heavy atom. The first kappa shape index (κ1) is 8.94. The van der Waals surface area contributed by atoms with Gasteiger partial charge >= 0.3 is 0 Å². The van der Waals surface area contributed by atoms with Crippen molar-refractivity contribution in [1.29, 1.82) is 0 Å². The molecule has 13 heavy (non-hydrogen) atoms. The summed E-state index contributed by atoms with van der Waals surface area (Å²) in [4.78, 5) is 11.3. The molecule has 2 N–H and O–H groups in total. The molecule has 0 spiro atoms. The van der Waals surface area contributed by atoms with Crippen molar-refractivity contribution in [1.82, 2.24) is 10.6 Å². The molecule has 2 aliphatic rings. The Hall–Kier alpha value is -0.640. The Bertz CT molecular complexity index is 212. The fourth-order valence-electron chi connectivity index (χ4n) is 1.58. The van der Waals surface area contributed by atoms with Gasteiger partial charge in [-0.05, 0) is 12.8 Å². The van der Waals surface area contributed by atoms with Crippen molar-refractivity contribution in [3.63, 3.8) is 0 Å². The van der Waals surface area contributed by atoms with Crippen molar-refractivity contribution in [3.05, 3.63) is 0 Å². The summed E-state index contributed by atoms with van der Waals surface area (Å²) in [6.07, 6.45) is 3.09. The van der Waals surface area contributed by atoms with Crippen LogP contribution in [0.25, 0.3) is 0 Å². The van der Waals surface area contributed by atoms with Crippen molar-refractivity contribution in [2.24, 2.45) is 5.92 Å². The standard InChI is InChI=1S/C9H15FN2O/c10-9(4-11-5-9)6-12-8(13)7-2-1-3-7/h7,11H,1-6H2,(H,12,13). The molecule has 74 valence electrons. The minimum absolute atomic E-state index is 0.0372. The van der Waals surface area contributed by atoms with Gasteiger partial charge in [0.1, 0.15) is 0 Å². The molecule has 2 rings (SSSR count). The van der Waals surface area contributed by atoms with Crippen molar-refractivity contribution < 1.29 is 9.18 Å². The van der Waals surface area contributed by atoms with Crippen LogP contribution in [-0.4, -0.2) is 31.2 Å². The van der Waals surface area contributed by atoms with Gasteiger partial charge in [-0.3, -0.25) is 4.79 Å². The summed E-state index contributed by atoms with van der Waals surface area (Å²) in [5.74, 6) is 0.201. The number of amides is 1. The Kier molecular flexibility index (Phi) is 2.24. The molecule has 4 heteroatoms. The average molecular weight is 186 g/mol. The molecule has 0 radical (unpaired) electrons. The number of alkyl halides is 1. The molecule has 1 amide bonds. The molecular weight excluding hydrogens is 171 g/mol. The molecule has 2 fully saturated rings. The minimum atomic E-state index is -1.18. The van der Waals surface area contributed by atoms with E-state index in [-0.39, 0.29) is 18.4 Å². The van der Waals surface area contributed by atoms with E-state index in [0.29, 0.717) is 13.1 Å². The maximum atomic E-state index is 13.4. The predicted molar refractivity (Wildman–Crippen MR) is 47.1 cm³/mol. The molecule has 3 nitrogen and oxygen atoms in total. The SMILES string of the molecule is O=C(NCC1(F)CNC1)C1CCC1. The molecule has 0 unspecified atom stereocenters. The van der Waals surface area contributed by atoms with E-state index in [1.54, 1.807) is 0 Å². The third kappa shape index (κ3) is 1.82. The van der Waals surface area contributed by atoms with Gasteiger partial charge in [-0.2, -0.15) is 0 Å². The van der Waals surface area contributed by atoms with Gasteiger partial charge in [0, 0.05) is 19.0 Å². The third-order valence-corrected chi connectivity index (χ3v) is 2.94. The molecule has 1 aliphatic heterocycles. The zero-order chi connectivity index (χ0) is 9.31. The van der Waals surface area contributed by atoms with Crippen LogP contribution in [-0.2, 0) is 4.79 Å². The second-order valence-corrected chi connectivity index (χ2v) is 4.10. The molecule has 0 bridgehead atoms. The summed E-state index contributed by atoms with van der Waals surface area (Å²) in [5, 5.41) is 5.53. The quantitative estimate of drug-likeness (QED) is 0.661. The van der Waals surface area contributed by atoms with Crippen LogP contribution in [0, 0.1) is 5.92 Å². The van der Waals surface area contributed by atoms with Crippen molar-refractivity contribution in [2.45, 2.75) is 24.9 Å². The van der Waals surface area contributed by atoms with Crippen LogP contribution < -0.4 is 10.6 Å². The molecule has 1 saturated heterocycles. The highest BCUT2D eigenvalue weighted by Gasteiger charge is 2.38. The summed E-state index contributed by atoms with van der Waals surface area (Å²) >= 11 is 0. The van der Waals surface area contributed by atoms with Crippen LogP contribution in [0.1, 0.15) is 19.3 Å². The zero-order valence-electron chi connectivity index (χ0n) is 7.61. The van der Waals surface area contributed by atoms with E-state index < -0.39 is 5.67 Å². The first-order chi connectivity index (χ1) is 6.20. The van der Waals surface area contributed by atoms with Crippen LogP contribution in [0.3, 0.4) is 0 Å². The Balaban J connectivity index is 1.69. The van der Waals surface area contributed by atoms with Crippen molar-refractivity contribution in [3.8, 4) is 0 Å². The maximum absolute atomic E-state index is 13.4. The summed E-state index contributed by atoms with van der Waals surface area (Å²) in [6.45, 7) is 0.922. The van der Waals surface area contributed by atoms with Crippen LogP contribution >= 0.6 is 0 Å². The molecule has 1 saturated carbocycles. The maximum Gasteiger partial charge on any atom is 0.223 e. The summed E-state index contributed by atoms with van der Waals surface area (Å²) in [5.41, 5.74) is -1.18. The highest BCUT2D eigenvalue weighted by atomic mass is 19.1. The average Bonchev–Trinajstić information content (AvgIpc) is 1.94. The normalized spacial score (nSPS) is 25.9. The van der Waals surface area contributed by atoms with Gasteiger partial charge in [-0.1, -0.05) is 6.42 Å². The minimum Gasteiger partial charge on any atom is -0.353 e. The smallest absolute Gasteiger partial charge is 0.223 e. The lowest BCUT2D eigenvalue weighted by Crippen LogP contribution is -2.62. The topological polar surface area (TPSA) is 41.1 Å². The number of carbonyl (C=O) groups excluding carboxylic acids is 1. The number of nitrogens with one attached hydrogen (secondary N) is 2. The van der Waals surface area contributed by atoms with Crippen LogP contribution in [0.15, 0.2) is 0 Å². The molecule has 1 heterocycles. The first-order valence-corrected chi connectivity index (χ1v) is 4.87. The number of hydrogen-bond donors (Lipinski definition) is 2. The molecular formula is C9H15FN2O. The van der Waals surface area contributed by atoms with E-state index in [9.17, 15) is 9.18 Å². The first-order valence-electron chi connectivity index (χ1n) is 4.87.